The molecule has 2 fully saturated rings. The van der Waals surface area contributed by atoms with E-state index in [1.54, 1.807) is 4.90 Å². The molecule has 4 rings (SSSR count). The molecule has 3 aliphatic rings. The zero-order valence-corrected chi connectivity index (χ0v) is 14.7. The molecule has 0 radical (unpaired) electrons. The van der Waals surface area contributed by atoms with Crippen LogP contribution < -0.4 is 5.73 Å². The molecule has 0 aromatic heterocycles. The molecule has 5 nitrogen and oxygen atoms in total. The molecule has 1 aromatic carbocycles. The Morgan fingerprint density at radius 2 is 1.72 bits per heavy atom. The minimum atomic E-state index is -0.318. The van der Waals surface area contributed by atoms with E-state index in [0.717, 1.165) is 58.3 Å². The summed E-state index contributed by atoms with van der Waals surface area (Å²) in [6, 6.07) is 8.30. The lowest BCUT2D eigenvalue weighted by Crippen LogP contribution is -2.46. The van der Waals surface area contributed by atoms with Crippen LogP contribution in [0, 0.1) is 0 Å². The number of likely N-dealkylation sites (tertiary alicyclic amines) is 2. The molecule has 0 saturated carbocycles. The van der Waals surface area contributed by atoms with Crippen molar-refractivity contribution in [2.75, 3.05) is 26.2 Å². The van der Waals surface area contributed by atoms with E-state index < -0.39 is 0 Å². The number of hydrogen-bond acceptors (Lipinski definition) is 2. The molecule has 2 N–H and O–H groups in total. The van der Waals surface area contributed by atoms with Crippen molar-refractivity contribution in [3.05, 3.63) is 35.4 Å². The lowest BCUT2D eigenvalue weighted by Gasteiger charge is -2.39. The van der Waals surface area contributed by atoms with Crippen LogP contribution in [0.25, 0.3) is 0 Å². The lowest BCUT2D eigenvalue weighted by molar-refractivity contribution is -0.130. The number of carbonyl (C=O) groups is 2. The quantitative estimate of drug-likeness (QED) is 0.898. The van der Waals surface area contributed by atoms with Gasteiger partial charge in [-0.1, -0.05) is 24.3 Å². The van der Waals surface area contributed by atoms with Crippen molar-refractivity contribution < 1.29 is 9.59 Å². The molecule has 0 unspecified atom stereocenters. The minimum absolute atomic E-state index is 0.110. The summed E-state index contributed by atoms with van der Waals surface area (Å²) in [5.41, 5.74) is 8.31. The van der Waals surface area contributed by atoms with Gasteiger partial charge in [0.2, 0.25) is 5.91 Å². The largest absolute Gasteiger partial charge is 0.351 e. The zero-order chi connectivity index (χ0) is 17.4. The lowest BCUT2D eigenvalue weighted by atomic mass is 9.73. The smallest absolute Gasteiger partial charge is 0.314 e. The van der Waals surface area contributed by atoms with E-state index >= 15 is 0 Å². The molecule has 1 aromatic rings. The fourth-order valence-electron chi connectivity index (χ4n) is 5.14. The van der Waals surface area contributed by atoms with Gasteiger partial charge in [0.25, 0.3) is 0 Å². The molecule has 3 amide bonds. The third kappa shape index (κ3) is 2.90. The van der Waals surface area contributed by atoms with Gasteiger partial charge in [0.1, 0.15) is 0 Å². The summed E-state index contributed by atoms with van der Waals surface area (Å²) >= 11 is 0. The number of amides is 3. The van der Waals surface area contributed by atoms with Gasteiger partial charge in [-0.05, 0) is 54.6 Å². The van der Waals surface area contributed by atoms with E-state index in [4.69, 9.17) is 5.73 Å². The van der Waals surface area contributed by atoms with Crippen molar-refractivity contribution in [1.29, 1.82) is 0 Å². The summed E-state index contributed by atoms with van der Waals surface area (Å²) in [5.74, 6) is 0.619. The third-order valence-corrected chi connectivity index (χ3v) is 6.52. The van der Waals surface area contributed by atoms with Crippen LogP contribution in [0.2, 0.25) is 0 Å². The zero-order valence-electron chi connectivity index (χ0n) is 14.7. The molecule has 1 aliphatic carbocycles. The predicted molar refractivity (Wildman–Crippen MR) is 96.3 cm³/mol. The van der Waals surface area contributed by atoms with Crippen LogP contribution in [-0.4, -0.2) is 47.9 Å². The van der Waals surface area contributed by atoms with E-state index in [0.29, 0.717) is 18.2 Å². The number of nitrogens with zero attached hydrogens (tertiary/aromatic N) is 2. The Morgan fingerprint density at radius 1 is 1.04 bits per heavy atom. The van der Waals surface area contributed by atoms with Crippen LogP contribution in [0.5, 0.6) is 0 Å². The maximum atomic E-state index is 12.7. The van der Waals surface area contributed by atoms with Crippen molar-refractivity contribution in [3.63, 3.8) is 0 Å². The van der Waals surface area contributed by atoms with E-state index in [2.05, 4.69) is 24.3 Å². The molecular formula is C20H27N3O2. The number of urea groups is 1. The molecular weight excluding hydrogens is 314 g/mol. The number of hydrogen-bond donors (Lipinski definition) is 1. The number of rotatable bonds is 2. The number of nitrogens with two attached hydrogens (primary N) is 1. The topological polar surface area (TPSA) is 66.6 Å². The first kappa shape index (κ1) is 16.4. The highest BCUT2D eigenvalue weighted by atomic mass is 16.2. The Bertz CT molecular complexity index is 673. The molecule has 2 heterocycles. The fourth-order valence-corrected chi connectivity index (χ4v) is 5.14. The number of carbonyl (C=O) groups excluding carboxylic acids is 2. The number of piperidine rings is 1. The summed E-state index contributed by atoms with van der Waals surface area (Å²) in [7, 11) is 0. The second-order valence-corrected chi connectivity index (χ2v) is 7.89. The molecule has 134 valence electrons. The second kappa shape index (κ2) is 6.36. The van der Waals surface area contributed by atoms with Crippen LogP contribution in [0.3, 0.4) is 0 Å². The van der Waals surface area contributed by atoms with Crippen LogP contribution in [-0.2, 0) is 10.2 Å². The number of fused-ring (bicyclic) bond motifs is 2. The van der Waals surface area contributed by atoms with Gasteiger partial charge in [-0.15, -0.1) is 0 Å². The minimum Gasteiger partial charge on any atom is -0.351 e. The average Bonchev–Trinajstić information content (AvgIpc) is 3.24. The van der Waals surface area contributed by atoms with Crippen molar-refractivity contribution in [2.24, 2.45) is 5.73 Å². The van der Waals surface area contributed by atoms with Gasteiger partial charge in [0.15, 0.2) is 0 Å². The number of benzene rings is 1. The van der Waals surface area contributed by atoms with Gasteiger partial charge < -0.3 is 15.5 Å². The van der Waals surface area contributed by atoms with E-state index in [1.807, 2.05) is 4.90 Å². The Hall–Kier alpha value is -2.04. The standard InChI is InChI=1S/C20H27N3O2/c21-19(25)23-11-7-20(8-12-23)14-15(16-5-1-2-6-17(16)20)13-18(24)22-9-3-4-10-22/h1-2,5-6,15H,3-4,7-14H2,(H2,21,25)/t15-/m0/s1. The van der Waals surface area contributed by atoms with Gasteiger partial charge in [0.05, 0.1) is 0 Å². The summed E-state index contributed by atoms with van der Waals surface area (Å²) in [6.45, 7) is 3.28. The molecule has 1 atom stereocenters. The first-order chi connectivity index (χ1) is 12.1. The fraction of sp³-hybridized carbons (Fsp3) is 0.600. The summed E-state index contributed by atoms with van der Waals surface area (Å²) in [5, 5.41) is 0. The summed E-state index contributed by atoms with van der Waals surface area (Å²) in [4.78, 5) is 27.9. The summed E-state index contributed by atoms with van der Waals surface area (Å²) < 4.78 is 0. The highest BCUT2D eigenvalue weighted by molar-refractivity contribution is 5.78. The Labute approximate surface area is 149 Å². The van der Waals surface area contributed by atoms with Crippen LogP contribution in [0.4, 0.5) is 4.79 Å². The Balaban J connectivity index is 1.54. The first-order valence-electron chi connectivity index (χ1n) is 9.51. The molecule has 2 aliphatic heterocycles. The molecule has 0 bridgehead atoms. The Kier molecular flexibility index (Phi) is 4.18. The predicted octanol–water partition coefficient (Wildman–Crippen LogP) is 2.60. The highest BCUT2D eigenvalue weighted by Crippen LogP contribution is 2.52. The van der Waals surface area contributed by atoms with Crippen molar-refractivity contribution in [2.45, 2.75) is 49.9 Å². The van der Waals surface area contributed by atoms with Gasteiger partial charge in [-0.2, -0.15) is 0 Å². The number of primary amides is 1. The summed E-state index contributed by atoms with van der Waals surface area (Å²) in [6.07, 6.45) is 5.82. The van der Waals surface area contributed by atoms with Crippen LogP contribution >= 0.6 is 0 Å². The monoisotopic (exact) mass is 341 g/mol. The van der Waals surface area contributed by atoms with E-state index in [9.17, 15) is 9.59 Å². The maximum absolute atomic E-state index is 12.7. The van der Waals surface area contributed by atoms with E-state index in [1.165, 1.54) is 11.1 Å². The van der Waals surface area contributed by atoms with Crippen LogP contribution in [0.1, 0.15) is 55.6 Å². The average molecular weight is 341 g/mol. The Morgan fingerprint density at radius 3 is 2.40 bits per heavy atom. The van der Waals surface area contributed by atoms with Crippen molar-refractivity contribution >= 4 is 11.9 Å². The van der Waals surface area contributed by atoms with Crippen LogP contribution in [0.15, 0.2) is 24.3 Å². The molecule has 1 spiro atoms. The van der Waals surface area contributed by atoms with Gasteiger partial charge in [-0.3, -0.25) is 4.79 Å². The molecule has 2 saturated heterocycles. The van der Waals surface area contributed by atoms with E-state index in [-0.39, 0.29) is 11.4 Å². The molecule has 5 heteroatoms. The third-order valence-electron chi connectivity index (χ3n) is 6.52. The van der Waals surface area contributed by atoms with Gasteiger partial charge >= 0.3 is 6.03 Å². The second-order valence-electron chi connectivity index (χ2n) is 7.89. The first-order valence-corrected chi connectivity index (χ1v) is 9.51. The SMILES string of the molecule is NC(=O)N1CCC2(CC1)C[C@H](CC(=O)N1CCCC1)c1ccccc12. The molecule has 25 heavy (non-hydrogen) atoms. The van der Waals surface area contributed by atoms with Crippen molar-refractivity contribution in [1.82, 2.24) is 9.80 Å². The normalized spacial score (nSPS) is 24.6. The van der Waals surface area contributed by atoms with Gasteiger partial charge in [-0.25, -0.2) is 4.79 Å². The maximum Gasteiger partial charge on any atom is 0.314 e. The van der Waals surface area contributed by atoms with Crippen molar-refractivity contribution in [3.8, 4) is 0 Å². The highest BCUT2D eigenvalue weighted by Gasteiger charge is 2.46. The van der Waals surface area contributed by atoms with Gasteiger partial charge in [0, 0.05) is 32.6 Å².